The molecule has 21 heavy (non-hydrogen) atoms. The number of carbonyl (C=O) groups is 1. The average Bonchev–Trinajstić information content (AvgIpc) is 2.71. The lowest BCUT2D eigenvalue weighted by Gasteiger charge is -2.07. The molecule has 0 fully saturated rings. The van der Waals surface area contributed by atoms with Gasteiger partial charge in [0.1, 0.15) is 9.23 Å². The van der Waals surface area contributed by atoms with Gasteiger partial charge in [0.15, 0.2) is 0 Å². The number of carboxylic acid groups (broad SMARTS) is 1. The molecule has 0 unspecified atom stereocenters. The SMILES string of the molecule is O=C(O)Cc1ccc(NS(=O)(=O)c2cc(Cl)sc2Cl)cc1. The Morgan fingerprint density at radius 3 is 2.33 bits per heavy atom. The van der Waals surface area contributed by atoms with Crippen LogP contribution in [0.25, 0.3) is 0 Å². The summed E-state index contributed by atoms with van der Waals surface area (Å²) in [6, 6.07) is 7.31. The zero-order valence-corrected chi connectivity index (χ0v) is 13.5. The van der Waals surface area contributed by atoms with E-state index in [2.05, 4.69) is 4.72 Å². The van der Waals surface area contributed by atoms with Crippen molar-refractivity contribution in [1.82, 2.24) is 0 Å². The van der Waals surface area contributed by atoms with Crippen LogP contribution in [-0.2, 0) is 21.2 Å². The molecule has 0 aliphatic rings. The van der Waals surface area contributed by atoms with Crippen LogP contribution in [0.1, 0.15) is 5.56 Å². The second kappa shape index (κ2) is 6.23. The first-order valence-corrected chi connectivity index (χ1v) is 8.62. The van der Waals surface area contributed by atoms with E-state index >= 15 is 0 Å². The van der Waals surface area contributed by atoms with Crippen LogP contribution < -0.4 is 4.72 Å². The number of sulfonamides is 1. The number of thiophene rings is 1. The third-order valence-electron chi connectivity index (χ3n) is 2.48. The molecule has 0 bridgehead atoms. The largest absolute Gasteiger partial charge is 0.481 e. The van der Waals surface area contributed by atoms with Gasteiger partial charge in [0.2, 0.25) is 0 Å². The van der Waals surface area contributed by atoms with E-state index in [9.17, 15) is 13.2 Å². The van der Waals surface area contributed by atoms with Crippen molar-refractivity contribution in [2.45, 2.75) is 11.3 Å². The van der Waals surface area contributed by atoms with Gasteiger partial charge in [-0.3, -0.25) is 9.52 Å². The highest BCUT2D eigenvalue weighted by atomic mass is 35.5. The Balaban J connectivity index is 2.21. The van der Waals surface area contributed by atoms with Crippen LogP contribution in [0.4, 0.5) is 5.69 Å². The van der Waals surface area contributed by atoms with E-state index in [1.807, 2.05) is 0 Å². The molecular weight excluding hydrogens is 357 g/mol. The molecule has 1 aromatic carbocycles. The first-order chi connectivity index (χ1) is 9.78. The van der Waals surface area contributed by atoms with E-state index < -0.39 is 16.0 Å². The standard InChI is InChI=1S/C12H9Cl2NO4S2/c13-10-6-9(12(14)20-10)21(18,19)15-8-3-1-7(2-4-8)5-11(16)17/h1-4,6,15H,5H2,(H,16,17). The Morgan fingerprint density at radius 2 is 1.86 bits per heavy atom. The monoisotopic (exact) mass is 365 g/mol. The van der Waals surface area contributed by atoms with Crippen molar-refractivity contribution < 1.29 is 18.3 Å². The molecule has 2 aromatic rings. The fourth-order valence-corrected chi connectivity index (χ4v) is 4.79. The predicted octanol–water partition coefficient (Wildman–Crippen LogP) is 3.48. The van der Waals surface area contributed by atoms with Gasteiger partial charge in [-0.15, -0.1) is 11.3 Å². The maximum Gasteiger partial charge on any atom is 0.307 e. The minimum atomic E-state index is -3.83. The lowest BCUT2D eigenvalue weighted by Crippen LogP contribution is -2.12. The zero-order chi connectivity index (χ0) is 15.6. The minimum absolute atomic E-state index is 0.0787. The van der Waals surface area contributed by atoms with Gasteiger partial charge < -0.3 is 5.11 Å². The van der Waals surface area contributed by atoms with Crippen molar-refractivity contribution in [1.29, 1.82) is 0 Å². The summed E-state index contributed by atoms with van der Waals surface area (Å²) < 4.78 is 27.0. The average molecular weight is 366 g/mol. The third-order valence-corrected chi connectivity index (χ3v) is 5.61. The van der Waals surface area contributed by atoms with Crippen LogP contribution in [0.3, 0.4) is 0 Å². The van der Waals surface area contributed by atoms with Crippen molar-refractivity contribution in [3.8, 4) is 0 Å². The van der Waals surface area contributed by atoms with Crippen molar-refractivity contribution >= 4 is 56.2 Å². The topological polar surface area (TPSA) is 83.5 Å². The number of halogens is 2. The molecular formula is C12H9Cl2NO4S2. The van der Waals surface area contributed by atoms with Crippen LogP contribution in [-0.4, -0.2) is 19.5 Å². The molecule has 0 saturated carbocycles. The smallest absolute Gasteiger partial charge is 0.307 e. The van der Waals surface area contributed by atoms with Gasteiger partial charge in [-0.25, -0.2) is 8.42 Å². The Bertz CT molecular complexity index is 769. The van der Waals surface area contributed by atoms with Crippen molar-refractivity contribution in [2.24, 2.45) is 0 Å². The summed E-state index contributed by atoms with van der Waals surface area (Å²) >= 11 is 12.5. The van der Waals surface area contributed by atoms with E-state index in [-0.39, 0.29) is 20.0 Å². The van der Waals surface area contributed by atoms with Crippen LogP contribution in [0, 0.1) is 0 Å². The summed E-state index contributed by atoms with van der Waals surface area (Å²) in [4.78, 5) is 10.5. The van der Waals surface area contributed by atoms with Crippen LogP contribution in [0.5, 0.6) is 0 Å². The van der Waals surface area contributed by atoms with E-state index in [0.717, 1.165) is 11.3 Å². The molecule has 5 nitrogen and oxygen atoms in total. The first-order valence-electron chi connectivity index (χ1n) is 5.56. The quantitative estimate of drug-likeness (QED) is 0.849. The summed E-state index contributed by atoms with van der Waals surface area (Å²) in [5, 5.41) is 8.67. The molecule has 0 amide bonds. The summed E-state index contributed by atoms with van der Waals surface area (Å²) in [6.07, 6.45) is -0.126. The zero-order valence-electron chi connectivity index (χ0n) is 10.3. The molecule has 0 aliphatic heterocycles. The van der Waals surface area contributed by atoms with Crippen molar-refractivity contribution in [3.05, 3.63) is 44.6 Å². The Hall–Kier alpha value is -1.28. The Labute approximate surface area is 135 Å². The number of hydrogen-bond donors (Lipinski definition) is 2. The number of aliphatic carboxylic acids is 1. The number of benzene rings is 1. The number of anilines is 1. The van der Waals surface area contributed by atoms with E-state index in [1.54, 1.807) is 0 Å². The molecule has 1 heterocycles. The van der Waals surface area contributed by atoms with E-state index in [4.69, 9.17) is 28.3 Å². The van der Waals surface area contributed by atoms with Crippen LogP contribution >= 0.6 is 34.5 Å². The molecule has 2 N–H and O–H groups in total. The minimum Gasteiger partial charge on any atom is -0.481 e. The Morgan fingerprint density at radius 1 is 1.24 bits per heavy atom. The normalized spacial score (nSPS) is 11.3. The molecule has 0 spiro atoms. The molecule has 0 atom stereocenters. The highest BCUT2D eigenvalue weighted by Gasteiger charge is 2.21. The Kier molecular flexibility index (Phi) is 4.77. The van der Waals surface area contributed by atoms with Crippen LogP contribution in [0.2, 0.25) is 8.67 Å². The highest BCUT2D eigenvalue weighted by Crippen LogP contribution is 2.35. The van der Waals surface area contributed by atoms with Crippen molar-refractivity contribution in [3.63, 3.8) is 0 Å². The fourth-order valence-electron chi connectivity index (χ4n) is 1.58. The summed E-state index contributed by atoms with van der Waals surface area (Å²) in [7, 11) is -3.83. The molecule has 0 saturated heterocycles. The number of rotatable bonds is 5. The van der Waals surface area contributed by atoms with Gasteiger partial charge in [-0.1, -0.05) is 35.3 Å². The lowest BCUT2D eigenvalue weighted by molar-refractivity contribution is -0.136. The maximum atomic E-state index is 12.2. The van der Waals surface area contributed by atoms with Crippen LogP contribution in [0.15, 0.2) is 35.2 Å². The first kappa shape index (κ1) is 16.1. The van der Waals surface area contributed by atoms with Gasteiger partial charge in [0, 0.05) is 5.69 Å². The molecule has 2 rings (SSSR count). The summed E-state index contributed by atoms with van der Waals surface area (Å²) in [6.45, 7) is 0. The molecule has 9 heteroatoms. The van der Waals surface area contributed by atoms with E-state index in [1.165, 1.54) is 30.3 Å². The van der Waals surface area contributed by atoms with Gasteiger partial charge >= 0.3 is 5.97 Å². The lowest BCUT2D eigenvalue weighted by atomic mass is 10.1. The second-order valence-corrected chi connectivity index (χ2v) is 8.00. The molecule has 1 aromatic heterocycles. The third kappa shape index (κ3) is 4.10. The van der Waals surface area contributed by atoms with Gasteiger partial charge in [0.25, 0.3) is 10.0 Å². The van der Waals surface area contributed by atoms with Gasteiger partial charge in [-0.2, -0.15) is 0 Å². The maximum absolute atomic E-state index is 12.2. The second-order valence-electron chi connectivity index (χ2n) is 4.06. The fraction of sp³-hybridized carbons (Fsp3) is 0.0833. The number of hydrogen-bond acceptors (Lipinski definition) is 4. The predicted molar refractivity (Wildman–Crippen MR) is 82.9 cm³/mol. The molecule has 0 aliphatic carbocycles. The van der Waals surface area contributed by atoms with Gasteiger partial charge in [-0.05, 0) is 23.8 Å². The van der Waals surface area contributed by atoms with Crippen molar-refractivity contribution in [2.75, 3.05) is 4.72 Å². The summed E-state index contributed by atoms with van der Waals surface area (Å²) in [5.74, 6) is -0.956. The summed E-state index contributed by atoms with van der Waals surface area (Å²) in [5.41, 5.74) is 0.879. The molecule has 112 valence electrons. The number of nitrogens with one attached hydrogen (secondary N) is 1. The number of carboxylic acids is 1. The molecule has 0 radical (unpaired) electrons. The van der Waals surface area contributed by atoms with Gasteiger partial charge in [0.05, 0.1) is 10.8 Å². The van der Waals surface area contributed by atoms with E-state index in [0.29, 0.717) is 11.3 Å². The highest BCUT2D eigenvalue weighted by molar-refractivity contribution is 7.93.